The largest absolute Gasteiger partial charge is 0.365 e. The summed E-state index contributed by atoms with van der Waals surface area (Å²) in [6, 6.07) is 9.03. The molecule has 0 amide bonds. The molecule has 20 heavy (non-hydrogen) atoms. The van der Waals surface area contributed by atoms with Crippen LogP contribution >= 0.6 is 15.9 Å². The van der Waals surface area contributed by atoms with Gasteiger partial charge in [0.15, 0.2) is 0 Å². The van der Waals surface area contributed by atoms with E-state index in [1.54, 1.807) is 0 Å². The lowest BCUT2D eigenvalue weighted by molar-refractivity contribution is 0.361. The fourth-order valence-corrected chi connectivity index (χ4v) is 4.52. The number of piperidine rings is 1. The van der Waals surface area contributed by atoms with Gasteiger partial charge in [0, 0.05) is 28.3 Å². The van der Waals surface area contributed by atoms with Gasteiger partial charge in [-0.25, -0.2) is 0 Å². The zero-order valence-electron chi connectivity index (χ0n) is 12.5. The Labute approximate surface area is 131 Å². The normalized spacial score (nSPS) is 28.9. The molecule has 2 aliphatic rings. The predicted octanol–water partition coefficient (Wildman–Crippen LogP) is 4.12. The highest BCUT2D eigenvalue weighted by Gasteiger charge is 2.40. The lowest BCUT2D eigenvalue weighted by Crippen LogP contribution is -2.49. The third-order valence-electron chi connectivity index (χ3n) is 4.93. The van der Waals surface area contributed by atoms with Crippen LogP contribution in [0, 0.1) is 0 Å². The molecule has 1 N–H and O–H groups in total. The van der Waals surface area contributed by atoms with E-state index in [9.17, 15) is 0 Å². The summed E-state index contributed by atoms with van der Waals surface area (Å²) < 4.78 is 1.20. The lowest BCUT2D eigenvalue weighted by Gasteiger charge is -2.41. The minimum Gasteiger partial charge on any atom is -0.365 e. The van der Waals surface area contributed by atoms with E-state index in [1.807, 2.05) is 0 Å². The van der Waals surface area contributed by atoms with Crippen LogP contribution in [0.5, 0.6) is 0 Å². The SMILES string of the molecule is CCNC1CC2CCC(C1)N2c1ccc(Br)cc1CC. The van der Waals surface area contributed by atoms with Gasteiger partial charge in [-0.15, -0.1) is 0 Å². The third-order valence-corrected chi connectivity index (χ3v) is 5.42. The zero-order valence-corrected chi connectivity index (χ0v) is 14.1. The number of nitrogens with zero attached hydrogens (tertiary/aromatic N) is 1. The molecule has 2 aliphatic heterocycles. The van der Waals surface area contributed by atoms with Crippen molar-refractivity contribution in [3.05, 3.63) is 28.2 Å². The van der Waals surface area contributed by atoms with Crippen LogP contribution in [0.25, 0.3) is 0 Å². The van der Waals surface area contributed by atoms with Crippen molar-refractivity contribution in [3.8, 4) is 0 Å². The molecule has 2 unspecified atom stereocenters. The van der Waals surface area contributed by atoms with E-state index in [0.717, 1.165) is 31.1 Å². The van der Waals surface area contributed by atoms with Crippen LogP contribution in [0.15, 0.2) is 22.7 Å². The topological polar surface area (TPSA) is 15.3 Å². The molecule has 0 radical (unpaired) electrons. The summed E-state index contributed by atoms with van der Waals surface area (Å²) in [4.78, 5) is 2.74. The summed E-state index contributed by atoms with van der Waals surface area (Å²) in [6.45, 7) is 5.58. The molecule has 2 bridgehead atoms. The van der Waals surface area contributed by atoms with Gasteiger partial charge in [0.05, 0.1) is 0 Å². The fraction of sp³-hybridized carbons (Fsp3) is 0.647. The molecule has 1 aromatic carbocycles. The Balaban J connectivity index is 1.85. The molecule has 110 valence electrons. The van der Waals surface area contributed by atoms with Gasteiger partial charge in [-0.05, 0) is 62.4 Å². The van der Waals surface area contributed by atoms with Gasteiger partial charge in [0.1, 0.15) is 0 Å². The van der Waals surface area contributed by atoms with Crippen molar-refractivity contribution in [2.24, 2.45) is 0 Å². The van der Waals surface area contributed by atoms with Crippen LogP contribution in [-0.4, -0.2) is 24.7 Å². The molecule has 0 aromatic heterocycles. The maximum absolute atomic E-state index is 3.66. The second kappa shape index (κ2) is 6.07. The number of halogens is 1. The van der Waals surface area contributed by atoms with Crippen molar-refractivity contribution in [1.82, 2.24) is 5.32 Å². The van der Waals surface area contributed by atoms with E-state index < -0.39 is 0 Å². The molecule has 2 nitrogen and oxygen atoms in total. The van der Waals surface area contributed by atoms with Crippen molar-refractivity contribution >= 4 is 21.6 Å². The number of fused-ring (bicyclic) bond motifs is 2. The Morgan fingerprint density at radius 1 is 1.20 bits per heavy atom. The minimum absolute atomic E-state index is 0.731. The van der Waals surface area contributed by atoms with Gasteiger partial charge in [-0.3, -0.25) is 0 Å². The maximum Gasteiger partial charge on any atom is 0.0404 e. The molecule has 1 aromatic rings. The first kappa shape index (κ1) is 14.4. The molecule has 2 heterocycles. The molecule has 0 aliphatic carbocycles. The van der Waals surface area contributed by atoms with Gasteiger partial charge in [-0.1, -0.05) is 29.8 Å². The molecular weight excluding hydrogens is 312 g/mol. The summed E-state index contributed by atoms with van der Waals surface area (Å²) in [5.74, 6) is 0. The van der Waals surface area contributed by atoms with Crippen LogP contribution in [0.4, 0.5) is 5.69 Å². The lowest BCUT2D eigenvalue weighted by atomic mass is 9.95. The van der Waals surface area contributed by atoms with E-state index >= 15 is 0 Å². The van der Waals surface area contributed by atoms with E-state index in [0.29, 0.717) is 0 Å². The summed E-state index contributed by atoms with van der Waals surface area (Å²) in [6.07, 6.45) is 6.46. The van der Waals surface area contributed by atoms with Crippen molar-refractivity contribution < 1.29 is 0 Å². The number of aryl methyl sites for hydroxylation is 1. The Morgan fingerprint density at radius 3 is 2.50 bits per heavy atom. The number of benzene rings is 1. The number of nitrogens with one attached hydrogen (secondary N) is 1. The average molecular weight is 337 g/mol. The maximum atomic E-state index is 3.66. The fourth-order valence-electron chi connectivity index (χ4n) is 4.11. The van der Waals surface area contributed by atoms with Crippen LogP contribution in [-0.2, 0) is 6.42 Å². The van der Waals surface area contributed by atoms with Crippen molar-refractivity contribution in [2.45, 2.75) is 64.1 Å². The van der Waals surface area contributed by atoms with Crippen LogP contribution in [0.3, 0.4) is 0 Å². The van der Waals surface area contributed by atoms with E-state index in [1.165, 1.54) is 41.4 Å². The first-order chi connectivity index (χ1) is 9.72. The second-order valence-corrected chi connectivity index (χ2v) is 7.06. The summed E-state index contributed by atoms with van der Waals surface area (Å²) in [7, 11) is 0. The number of hydrogen-bond donors (Lipinski definition) is 1. The van der Waals surface area contributed by atoms with Gasteiger partial charge in [0.25, 0.3) is 0 Å². The first-order valence-corrected chi connectivity index (χ1v) is 8.82. The van der Waals surface area contributed by atoms with Gasteiger partial charge >= 0.3 is 0 Å². The standard InChI is InChI=1S/C17H25BrN2/c1-3-12-9-13(18)5-8-17(12)20-15-6-7-16(20)11-14(10-15)19-4-2/h5,8-9,14-16,19H,3-4,6-7,10-11H2,1-2H3. The summed E-state index contributed by atoms with van der Waals surface area (Å²) >= 11 is 3.61. The Hall–Kier alpha value is -0.540. The molecule has 3 heteroatoms. The number of rotatable bonds is 4. The van der Waals surface area contributed by atoms with E-state index in [4.69, 9.17) is 0 Å². The molecular formula is C17H25BrN2. The highest BCUT2D eigenvalue weighted by atomic mass is 79.9. The third kappa shape index (κ3) is 2.62. The van der Waals surface area contributed by atoms with Crippen LogP contribution < -0.4 is 10.2 Å². The van der Waals surface area contributed by atoms with Crippen LogP contribution in [0.1, 0.15) is 45.1 Å². The zero-order chi connectivity index (χ0) is 14.1. The second-order valence-electron chi connectivity index (χ2n) is 6.14. The monoisotopic (exact) mass is 336 g/mol. The van der Waals surface area contributed by atoms with Crippen molar-refractivity contribution in [1.29, 1.82) is 0 Å². The van der Waals surface area contributed by atoms with Gasteiger partial charge < -0.3 is 10.2 Å². The highest BCUT2D eigenvalue weighted by Crippen LogP contribution is 2.41. The Morgan fingerprint density at radius 2 is 1.90 bits per heavy atom. The quantitative estimate of drug-likeness (QED) is 0.889. The minimum atomic E-state index is 0.731. The Kier molecular flexibility index (Phi) is 4.37. The number of anilines is 1. The van der Waals surface area contributed by atoms with Gasteiger partial charge in [0.2, 0.25) is 0 Å². The predicted molar refractivity (Wildman–Crippen MR) is 89.5 cm³/mol. The smallest absolute Gasteiger partial charge is 0.0404 e. The molecule has 2 atom stereocenters. The molecule has 2 fully saturated rings. The van der Waals surface area contributed by atoms with E-state index in [-0.39, 0.29) is 0 Å². The summed E-state index contributed by atoms with van der Waals surface area (Å²) in [5.41, 5.74) is 2.97. The molecule has 0 saturated carbocycles. The van der Waals surface area contributed by atoms with E-state index in [2.05, 4.69) is 58.2 Å². The summed E-state index contributed by atoms with van der Waals surface area (Å²) in [5, 5.41) is 3.66. The molecule has 3 rings (SSSR count). The number of hydrogen-bond acceptors (Lipinski definition) is 2. The molecule has 0 spiro atoms. The molecule has 2 saturated heterocycles. The van der Waals surface area contributed by atoms with Gasteiger partial charge in [-0.2, -0.15) is 0 Å². The van der Waals surface area contributed by atoms with Crippen molar-refractivity contribution in [2.75, 3.05) is 11.4 Å². The Bertz CT molecular complexity index is 460. The average Bonchev–Trinajstić information content (AvgIpc) is 2.70. The highest BCUT2D eigenvalue weighted by molar-refractivity contribution is 9.10. The first-order valence-electron chi connectivity index (χ1n) is 8.03. The van der Waals surface area contributed by atoms with Crippen molar-refractivity contribution in [3.63, 3.8) is 0 Å². The van der Waals surface area contributed by atoms with Crippen LogP contribution in [0.2, 0.25) is 0 Å².